The Bertz CT molecular complexity index is 670. The minimum atomic E-state index is -3.59. The van der Waals surface area contributed by atoms with E-state index in [0.717, 1.165) is 5.56 Å². The molecule has 8 heteroatoms. The first-order valence-electron chi connectivity index (χ1n) is 5.38. The summed E-state index contributed by atoms with van der Waals surface area (Å²) in [4.78, 5) is 3.99. The van der Waals surface area contributed by atoms with Crippen LogP contribution in [0.5, 0.6) is 0 Å². The van der Waals surface area contributed by atoms with E-state index in [0.29, 0.717) is 11.0 Å². The first kappa shape index (κ1) is 14.4. The van der Waals surface area contributed by atoms with Gasteiger partial charge in [-0.25, -0.2) is 13.4 Å². The van der Waals surface area contributed by atoms with Crippen molar-refractivity contribution < 1.29 is 8.42 Å². The van der Waals surface area contributed by atoms with Crippen molar-refractivity contribution in [3.05, 3.63) is 39.8 Å². The van der Waals surface area contributed by atoms with E-state index in [-0.39, 0.29) is 10.0 Å². The third-order valence-corrected chi connectivity index (χ3v) is 5.73. The highest BCUT2D eigenvalue weighted by Crippen LogP contribution is 2.25. The Morgan fingerprint density at radius 3 is 2.95 bits per heavy atom. The number of pyridine rings is 1. The van der Waals surface area contributed by atoms with E-state index in [1.807, 2.05) is 12.4 Å². The monoisotopic (exact) mass is 361 g/mol. The zero-order valence-corrected chi connectivity index (χ0v) is 13.3. The van der Waals surface area contributed by atoms with Crippen LogP contribution < -0.4 is 10.0 Å². The van der Waals surface area contributed by atoms with Crippen LogP contribution in [0.15, 0.2) is 38.5 Å². The van der Waals surface area contributed by atoms with E-state index in [4.69, 9.17) is 0 Å². The summed E-state index contributed by atoms with van der Waals surface area (Å²) in [6, 6.07) is 5.10. The third-order valence-electron chi connectivity index (χ3n) is 2.26. The molecule has 0 spiro atoms. The average molecular weight is 362 g/mol. The number of sulfonamides is 1. The molecule has 0 radical (unpaired) electrons. The summed E-state index contributed by atoms with van der Waals surface area (Å²) in [5.74, 6) is 0.283. The lowest BCUT2D eigenvalue weighted by atomic mass is 10.3. The molecule has 2 aromatic heterocycles. The molecule has 0 atom stereocenters. The number of hydrogen-bond donors (Lipinski definition) is 2. The zero-order chi connectivity index (χ0) is 13.9. The molecule has 19 heavy (non-hydrogen) atoms. The van der Waals surface area contributed by atoms with Gasteiger partial charge < -0.3 is 5.32 Å². The summed E-state index contributed by atoms with van der Waals surface area (Å²) in [6.07, 6.45) is 1.53. The van der Waals surface area contributed by atoms with Crippen molar-refractivity contribution >= 4 is 43.1 Å². The molecule has 0 fully saturated rings. The van der Waals surface area contributed by atoms with Gasteiger partial charge in [0, 0.05) is 12.7 Å². The second-order valence-corrected chi connectivity index (χ2v) is 7.42. The SMILES string of the molecule is CNCc1csc(S(=O)(=O)Nc2ncccc2Br)c1. The number of halogens is 1. The number of nitrogens with zero attached hydrogens (tertiary/aromatic N) is 1. The first-order valence-corrected chi connectivity index (χ1v) is 8.54. The number of anilines is 1. The number of aromatic nitrogens is 1. The lowest BCUT2D eigenvalue weighted by Gasteiger charge is -2.06. The van der Waals surface area contributed by atoms with Crippen LogP contribution in [-0.4, -0.2) is 20.4 Å². The maximum Gasteiger partial charge on any atom is 0.272 e. The molecule has 0 aliphatic carbocycles. The predicted molar refractivity (Wildman–Crippen MR) is 79.8 cm³/mol. The van der Waals surface area contributed by atoms with Crippen LogP contribution in [0.1, 0.15) is 5.56 Å². The summed E-state index contributed by atoms with van der Waals surface area (Å²) >= 11 is 4.44. The fraction of sp³-hybridized carbons (Fsp3) is 0.182. The van der Waals surface area contributed by atoms with E-state index in [1.54, 1.807) is 18.2 Å². The van der Waals surface area contributed by atoms with Crippen LogP contribution >= 0.6 is 27.3 Å². The molecule has 2 heterocycles. The standard InChI is InChI=1S/C11H12BrN3O2S2/c1-13-6-8-5-10(18-7-8)19(16,17)15-11-9(12)3-2-4-14-11/h2-5,7,13H,6H2,1H3,(H,14,15). The fourth-order valence-electron chi connectivity index (χ4n) is 1.43. The van der Waals surface area contributed by atoms with Gasteiger partial charge >= 0.3 is 0 Å². The Morgan fingerprint density at radius 1 is 1.47 bits per heavy atom. The van der Waals surface area contributed by atoms with Crippen LogP contribution in [0.2, 0.25) is 0 Å². The van der Waals surface area contributed by atoms with Gasteiger partial charge in [-0.1, -0.05) is 0 Å². The van der Waals surface area contributed by atoms with Gasteiger partial charge in [0.1, 0.15) is 4.21 Å². The van der Waals surface area contributed by atoms with Gasteiger partial charge in [0.15, 0.2) is 5.82 Å². The highest BCUT2D eigenvalue weighted by molar-refractivity contribution is 9.10. The van der Waals surface area contributed by atoms with Gasteiger partial charge in [0.2, 0.25) is 0 Å². The molecule has 0 saturated carbocycles. The van der Waals surface area contributed by atoms with E-state index >= 15 is 0 Å². The van der Waals surface area contributed by atoms with E-state index in [1.165, 1.54) is 17.5 Å². The highest BCUT2D eigenvalue weighted by Gasteiger charge is 2.18. The van der Waals surface area contributed by atoms with Crippen molar-refractivity contribution in [3.8, 4) is 0 Å². The molecule has 0 saturated heterocycles. The lowest BCUT2D eigenvalue weighted by molar-refractivity contribution is 0.603. The molecule has 0 bridgehead atoms. The van der Waals surface area contributed by atoms with Crippen molar-refractivity contribution in [2.24, 2.45) is 0 Å². The van der Waals surface area contributed by atoms with Crippen LogP contribution in [0.3, 0.4) is 0 Å². The minimum Gasteiger partial charge on any atom is -0.316 e. The summed E-state index contributed by atoms with van der Waals surface area (Å²) in [5, 5.41) is 4.80. The number of hydrogen-bond acceptors (Lipinski definition) is 5. The van der Waals surface area contributed by atoms with Crippen molar-refractivity contribution in [3.63, 3.8) is 0 Å². The van der Waals surface area contributed by atoms with E-state index in [9.17, 15) is 8.42 Å². The van der Waals surface area contributed by atoms with Crippen molar-refractivity contribution in [1.82, 2.24) is 10.3 Å². The van der Waals surface area contributed by atoms with Crippen LogP contribution in [0.4, 0.5) is 5.82 Å². The first-order chi connectivity index (χ1) is 9.03. The lowest BCUT2D eigenvalue weighted by Crippen LogP contribution is -2.13. The Hall–Kier alpha value is -0.960. The molecule has 5 nitrogen and oxygen atoms in total. The highest BCUT2D eigenvalue weighted by atomic mass is 79.9. The molecule has 2 N–H and O–H groups in total. The van der Waals surface area contributed by atoms with Crippen LogP contribution in [0, 0.1) is 0 Å². The molecule has 0 aliphatic heterocycles. The van der Waals surface area contributed by atoms with Crippen molar-refractivity contribution in [2.45, 2.75) is 10.8 Å². The summed E-state index contributed by atoms with van der Waals surface area (Å²) in [7, 11) is -1.77. The van der Waals surface area contributed by atoms with Crippen molar-refractivity contribution in [1.29, 1.82) is 0 Å². The largest absolute Gasteiger partial charge is 0.316 e. The van der Waals surface area contributed by atoms with Crippen LogP contribution in [-0.2, 0) is 16.6 Å². The number of nitrogens with one attached hydrogen (secondary N) is 2. The van der Waals surface area contributed by atoms with E-state index in [2.05, 4.69) is 31.0 Å². The molecule has 2 aromatic rings. The second kappa shape index (κ2) is 6.00. The maximum atomic E-state index is 12.2. The van der Waals surface area contributed by atoms with Gasteiger partial charge in [-0.3, -0.25) is 4.72 Å². The molecular formula is C11H12BrN3O2S2. The fourth-order valence-corrected chi connectivity index (χ4v) is 4.15. The average Bonchev–Trinajstić information content (AvgIpc) is 2.82. The normalized spacial score (nSPS) is 11.5. The minimum absolute atomic E-state index is 0.273. The Kier molecular flexibility index (Phi) is 4.56. The number of rotatable bonds is 5. The van der Waals surface area contributed by atoms with Crippen LogP contribution in [0.25, 0.3) is 0 Å². The molecule has 0 aliphatic rings. The van der Waals surface area contributed by atoms with E-state index < -0.39 is 10.0 Å². The van der Waals surface area contributed by atoms with Gasteiger partial charge in [-0.05, 0) is 52.1 Å². The molecule has 0 unspecified atom stereocenters. The molecule has 102 valence electrons. The third kappa shape index (κ3) is 3.53. The number of thiophene rings is 1. The molecule has 0 aromatic carbocycles. The predicted octanol–water partition coefficient (Wildman–Crippen LogP) is 2.43. The molecule has 0 amide bonds. The van der Waals surface area contributed by atoms with Gasteiger partial charge in [-0.2, -0.15) is 0 Å². The molecule has 2 rings (SSSR count). The van der Waals surface area contributed by atoms with Gasteiger partial charge in [-0.15, -0.1) is 11.3 Å². The van der Waals surface area contributed by atoms with Crippen molar-refractivity contribution in [2.75, 3.05) is 11.8 Å². The van der Waals surface area contributed by atoms with Gasteiger partial charge in [0.25, 0.3) is 10.0 Å². The topological polar surface area (TPSA) is 71.1 Å². The Morgan fingerprint density at radius 2 is 2.26 bits per heavy atom. The summed E-state index contributed by atoms with van der Waals surface area (Å²) in [5.41, 5.74) is 0.938. The quantitative estimate of drug-likeness (QED) is 0.857. The smallest absolute Gasteiger partial charge is 0.272 e. The maximum absolute atomic E-state index is 12.2. The summed E-state index contributed by atoms with van der Waals surface area (Å²) in [6.45, 7) is 0.638. The second-order valence-electron chi connectivity index (χ2n) is 3.74. The summed E-state index contributed by atoms with van der Waals surface area (Å²) < 4.78 is 27.7. The Balaban J connectivity index is 2.25. The Labute approximate surface area is 124 Å². The molecular weight excluding hydrogens is 350 g/mol. The zero-order valence-electron chi connectivity index (χ0n) is 10.1. The van der Waals surface area contributed by atoms with Gasteiger partial charge in [0.05, 0.1) is 4.47 Å².